The van der Waals surface area contributed by atoms with Crippen molar-refractivity contribution in [3.8, 4) is 11.3 Å². The van der Waals surface area contributed by atoms with Gasteiger partial charge in [-0.1, -0.05) is 34.8 Å². The minimum atomic E-state index is -3.09. The number of carbonyl (C=O) groups is 1. The van der Waals surface area contributed by atoms with Crippen molar-refractivity contribution < 1.29 is 13.2 Å². The van der Waals surface area contributed by atoms with E-state index in [1.165, 1.54) is 0 Å². The molecular weight excluding hydrogens is 386 g/mol. The van der Waals surface area contributed by atoms with Crippen molar-refractivity contribution in [1.29, 1.82) is 0 Å². The maximum atomic E-state index is 12.6. The van der Waals surface area contributed by atoms with Crippen molar-refractivity contribution in [3.05, 3.63) is 47.0 Å². The third kappa shape index (κ3) is 3.62. The van der Waals surface area contributed by atoms with E-state index in [9.17, 15) is 13.2 Å². The minimum absolute atomic E-state index is 0.0208. The van der Waals surface area contributed by atoms with E-state index in [0.29, 0.717) is 28.5 Å². The first-order chi connectivity index (χ1) is 12.9. The Morgan fingerprint density at radius 2 is 2.07 bits per heavy atom. The lowest BCUT2D eigenvalue weighted by molar-refractivity contribution is 0.102. The molecule has 2 aromatic heterocycles. The van der Waals surface area contributed by atoms with Crippen LogP contribution in [0, 0.1) is 6.92 Å². The fraction of sp³-hybridized carbons (Fsp3) is 0.294. The molecule has 0 radical (unpaired) electrons. The maximum absolute atomic E-state index is 12.6. The summed E-state index contributed by atoms with van der Waals surface area (Å²) >= 11 is 1.02. The van der Waals surface area contributed by atoms with Crippen LogP contribution >= 0.6 is 11.5 Å². The highest BCUT2D eigenvalue weighted by molar-refractivity contribution is 7.91. The maximum Gasteiger partial charge on any atom is 0.270 e. The van der Waals surface area contributed by atoms with Gasteiger partial charge in [0.1, 0.15) is 10.7 Å². The van der Waals surface area contributed by atoms with E-state index in [0.717, 1.165) is 17.1 Å². The number of aromatic nitrogens is 4. The molecule has 0 bridgehead atoms. The van der Waals surface area contributed by atoms with E-state index in [1.807, 2.05) is 30.3 Å². The van der Waals surface area contributed by atoms with Crippen LogP contribution < -0.4 is 5.32 Å². The van der Waals surface area contributed by atoms with Crippen LogP contribution in [0.25, 0.3) is 11.3 Å². The van der Waals surface area contributed by atoms with E-state index in [-0.39, 0.29) is 23.5 Å². The molecule has 1 aliphatic rings. The van der Waals surface area contributed by atoms with Crippen molar-refractivity contribution >= 4 is 33.1 Å². The molecule has 8 nitrogen and oxygen atoms in total. The molecule has 0 aliphatic carbocycles. The van der Waals surface area contributed by atoms with E-state index < -0.39 is 9.84 Å². The third-order valence-electron chi connectivity index (χ3n) is 4.46. The average Bonchev–Trinajstić information content (AvgIpc) is 3.34. The van der Waals surface area contributed by atoms with Crippen LogP contribution in [-0.4, -0.2) is 45.2 Å². The summed E-state index contributed by atoms with van der Waals surface area (Å²) in [6.45, 7) is 1.72. The molecule has 1 aromatic carbocycles. The number of anilines is 1. The second-order valence-corrected chi connectivity index (χ2v) is 9.41. The zero-order valence-corrected chi connectivity index (χ0v) is 16.1. The first kappa shape index (κ1) is 17.8. The van der Waals surface area contributed by atoms with E-state index in [1.54, 1.807) is 17.7 Å². The van der Waals surface area contributed by atoms with Gasteiger partial charge in [0, 0.05) is 11.6 Å². The molecule has 0 saturated carbocycles. The van der Waals surface area contributed by atoms with Crippen LogP contribution in [-0.2, 0) is 9.84 Å². The summed E-state index contributed by atoms with van der Waals surface area (Å²) in [6, 6.07) is 11.0. The van der Waals surface area contributed by atoms with E-state index in [2.05, 4.69) is 20.0 Å². The van der Waals surface area contributed by atoms with Gasteiger partial charge in [-0.3, -0.25) is 4.79 Å². The summed E-state index contributed by atoms with van der Waals surface area (Å²) in [5.74, 6) is 0.286. The van der Waals surface area contributed by atoms with E-state index in [4.69, 9.17) is 0 Å². The topological polar surface area (TPSA) is 107 Å². The van der Waals surface area contributed by atoms with Crippen LogP contribution in [0.4, 0.5) is 5.82 Å². The van der Waals surface area contributed by atoms with Gasteiger partial charge in [-0.2, -0.15) is 5.10 Å². The highest BCUT2D eigenvalue weighted by Gasteiger charge is 2.32. The zero-order chi connectivity index (χ0) is 19.0. The number of hydrogen-bond donors (Lipinski definition) is 1. The fourth-order valence-corrected chi connectivity index (χ4v) is 5.34. The van der Waals surface area contributed by atoms with Crippen molar-refractivity contribution in [1.82, 2.24) is 19.4 Å². The van der Waals surface area contributed by atoms with Gasteiger partial charge in [0.25, 0.3) is 5.91 Å². The van der Waals surface area contributed by atoms with Gasteiger partial charge < -0.3 is 5.32 Å². The highest BCUT2D eigenvalue weighted by atomic mass is 32.2. The number of nitrogens with zero attached hydrogens (tertiary/aromatic N) is 4. The molecule has 10 heteroatoms. The van der Waals surface area contributed by atoms with Crippen LogP contribution in [0.1, 0.15) is 27.8 Å². The lowest BCUT2D eigenvalue weighted by Crippen LogP contribution is -2.19. The second-order valence-electron chi connectivity index (χ2n) is 6.42. The number of hydrogen-bond acceptors (Lipinski definition) is 7. The number of benzene rings is 1. The molecule has 27 heavy (non-hydrogen) atoms. The quantitative estimate of drug-likeness (QED) is 0.716. The smallest absolute Gasteiger partial charge is 0.270 e. The van der Waals surface area contributed by atoms with Crippen LogP contribution in [0.5, 0.6) is 0 Å². The summed E-state index contributed by atoms with van der Waals surface area (Å²) in [4.78, 5) is 13.0. The summed E-state index contributed by atoms with van der Waals surface area (Å²) in [5.41, 5.74) is 2.12. The van der Waals surface area contributed by atoms with Crippen molar-refractivity contribution in [3.63, 3.8) is 0 Å². The van der Waals surface area contributed by atoms with Gasteiger partial charge in [-0.15, -0.1) is 5.10 Å². The number of carbonyl (C=O) groups excluding carboxylic acids is 1. The number of sulfone groups is 1. The minimum Gasteiger partial charge on any atom is -0.306 e. The average molecular weight is 403 g/mol. The standard InChI is InChI=1S/C17H17N5O3S2/c1-11-16(26-21-19-11)17(23)18-15-9-14(12-5-3-2-4-6-12)20-22(15)13-7-8-27(24,25)10-13/h2-6,9,13H,7-8,10H2,1H3,(H,18,23)/t13-/m1/s1. The molecule has 1 amide bonds. The molecule has 0 unspecified atom stereocenters. The highest BCUT2D eigenvalue weighted by Crippen LogP contribution is 2.30. The predicted molar refractivity (Wildman–Crippen MR) is 103 cm³/mol. The Kier molecular flexibility index (Phi) is 4.52. The molecule has 3 heterocycles. The summed E-state index contributed by atoms with van der Waals surface area (Å²) in [6.07, 6.45) is 0.474. The molecule has 4 rings (SSSR count). The molecule has 0 spiro atoms. The molecule has 1 saturated heterocycles. The van der Waals surface area contributed by atoms with Crippen LogP contribution in [0.3, 0.4) is 0 Å². The first-order valence-electron chi connectivity index (χ1n) is 8.39. The number of amides is 1. The van der Waals surface area contributed by atoms with Crippen molar-refractivity contribution in [2.45, 2.75) is 19.4 Å². The Balaban J connectivity index is 1.71. The van der Waals surface area contributed by atoms with Gasteiger partial charge in [0.05, 0.1) is 28.9 Å². The van der Waals surface area contributed by atoms with E-state index >= 15 is 0 Å². The lowest BCUT2D eigenvalue weighted by atomic mass is 10.1. The molecule has 1 N–H and O–H groups in total. The summed E-state index contributed by atoms with van der Waals surface area (Å²) in [7, 11) is -3.09. The van der Waals surface area contributed by atoms with Gasteiger partial charge in [-0.25, -0.2) is 13.1 Å². The fourth-order valence-electron chi connectivity index (χ4n) is 3.10. The SMILES string of the molecule is Cc1nnsc1C(=O)Nc1cc(-c2ccccc2)nn1[C@@H]1CCS(=O)(=O)C1. The predicted octanol–water partition coefficient (Wildman–Crippen LogP) is 2.32. The Labute approximate surface area is 160 Å². The number of aryl methyl sites for hydroxylation is 1. The Morgan fingerprint density at radius 3 is 2.70 bits per heavy atom. The Bertz CT molecular complexity index is 1090. The van der Waals surface area contributed by atoms with Crippen molar-refractivity contribution in [2.24, 2.45) is 0 Å². The second kappa shape index (κ2) is 6.86. The van der Waals surface area contributed by atoms with Crippen LogP contribution in [0.2, 0.25) is 0 Å². The third-order valence-corrected chi connectivity index (χ3v) is 7.04. The lowest BCUT2D eigenvalue weighted by Gasteiger charge is -2.13. The zero-order valence-electron chi connectivity index (χ0n) is 14.5. The molecule has 1 fully saturated rings. The monoisotopic (exact) mass is 403 g/mol. The molecule has 3 aromatic rings. The van der Waals surface area contributed by atoms with Gasteiger partial charge in [0.2, 0.25) is 0 Å². The number of nitrogens with one attached hydrogen (secondary N) is 1. The molecule has 1 aliphatic heterocycles. The van der Waals surface area contributed by atoms with Gasteiger partial charge >= 0.3 is 0 Å². The summed E-state index contributed by atoms with van der Waals surface area (Å²) < 4.78 is 29.2. The Morgan fingerprint density at radius 1 is 1.30 bits per heavy atom. The van der Waals surface area contributed by atoms with Gasteiger partial charge in [0.15, 0.2) is 9.84 Å². The summed E-state index contributed by atoms with van der Waals surface area (Å²) in [5, 5.41) is 11.3. The molecule has 1 atom stereocenters. The molecule has 140 valence electrons. The molecular formula is C17H17N5O3S2. The normalized spacial score (nSPS) is 18.5. The first-order valence-corrected chi connectivity index (χ1v) is 11.0. The Hall–Kier alpha value is -2.59. The van der Waals surface area contributed by atoms with Crippen molar-refractivity contribution in [2.75, 3.05) is 16.8 Å². The number of rotatable bonds is 4. The van der Waals surface area contributed by atoms with Crippen LogP contribution in [0.15, 0.2) is 36.4 Å². The van der Waals surface area contributed by atoms with Gasteiger partial charge in [-0.05, 0) is 24.9 Å². The largest absolute Gasteiger partial charge is 0.306 e.